The predicted molar refractivity (Wildman–Crippen MR) is 124 cm³/mol. The summed E-state index contributed by atoms with van der Waals surface area (Å²) in [4.78, 5) is 41.6. The van der Waals surface area contributed by atoms with Gasteiger partial charge in [0.15, 0.2) is 0 Å². The van der Waals surface area contributed by atoms with Crippen LogP contribution in [0.15, 0.2) is 42.5 Å². The molecule has 7 heteroatoms. The SMILES string of the molecule is Cc1ccc(N2CCN(C(=O)c3ccc([C@@]4(C(C)C)NC(=O)NC4=O)cc3)CC2)cc1C. The van der Waals surface area contributed by atoms with Crippen molar-refractivity contribution in [2.75, 3.05) is 31.1 Å². The molecule has 2 saturated heterocycles. The van der Waals surface area contributed by atoms with Gasteiger partial charge in [-0.2, -0.15) is 0 Å². The van der Waals surface area contributed by atoms with Crippen molar-refractivity contribution in [2.45, 2.75) is 33.2 Å². The van der Waals surface area contributed by atoms with Crippen LogP contribution < -0.4 is 15.5 Å². The van der Waals surface area contributed by atoms with Crippen LogP contribution in [0.25, 0.3) is 0 Å². The molecule has 0 saturated carbocycles. The number of carbonyl (C=O) groups is 3. The maximum atomic E-state index is 13.1. The Morgan fingerprint density at radius 1 is 0.938 bits per heavy atom. The molecule has 2 aromatic carbocycles. The van der Waals surface area contributed by atoms with Gasteiger partial charge >= 0.3 is 6.03 Å². The molecule has 0 aromatic heterocycles. The zero-order valence-electron chi connectivity index (χ0n) is 19.1. The van der Waals surface area contributed by atoms with Crippen molar-refractivity contribution in [3.8, 4) is 0 Å². The fraction of sp³-hybridized carbons (Fsp3) is 0.400. The number of piperazine rings is 1. The first-order chi connectivity index (χ1) is 15.2. The van der Waals surface area contributed by atoms with Crippen LogP contribution in [0.3, 0.4) is 0 Å². The van der Waals surface area contributed by atoms with Crippen molar-refractivity contribution in [1.29, 1.82) is 0 Å². The van der Waals surface area contributed by atoms with Gasteiger partial charge in [-0.25, -0.2) is 4.79 Å². The van der Waals surface area contributed by atoms with Crippen LogP contribution in [0, 0.1) is 19.8 Å². The molecule has 2 fully saturated rings. The quantitative estimate of drug-likeness (QED) is 0.725. The van der Waals surface area contributed by atoms with Crippen LogP contribution in [0.2, 0.25) is 0 Å². The molecule has 168 valence electrons. The summed E-state index contributed by atoms with van der Waals surface area (Å²) in [6.07, 6.45) is 0. The summed E-state index contributed by atoms with van der Waals surface area (Å²) < 4.78 is 0. The zero-order valence-corrected chi connectivity index (χ0v) is 19.1. The minimum atomic E-state index is -1.11. The van der Waals surface area contributed by atoms with Crippen molar-refractivity contribution in [1.82, 2.24) is 15.5 Å². The number of hydrogen-bond acceptors (Lipinski definition) is 4. The smallest absolute Gasteiger partial charge is 0.322 e. The number of benzene rings is 2. The minimum absolute atomic E-state index is 0.0187. The van der Waals surface area contributed by atoms with Crippen molar-refractivity contribution in [3.63, 3.8) is 0 Å². The van der Waals surface area contributed by atoms with Gasteiger partial charge in [-0.15, -0.1) is 0 Å². The Bertz CT molecular complexity index is 1060. The first-order valence-corrected chi connectivity index (χ1v) is 11.1. The maximum Gasteiger partial charge on any atom is 0.322 e. The molecule has 2 heterocycles. The summed E-state index contributed by atoms with van der Waals surface area (Å²) >= 11 is 0. The molecular formula is C25H30N4O3. The van der Waals surface area contributed by atoms with Crippen LogP contribution in [-0.4, -0.2) is 48.9 Å². The highest BCUT2D eigenvalue weighted by Crippen LogP contribution is 2.33. The number of anilines is 1. The third kappa shape index (κ3) is 3.72. The number of amides is 4. The van der Waals surface area contributed by atoms with Gasteiger partial charge < -0.3 is 15.1 Å². The van der Waals surface area contributed by atoms with Gasteiger partial charge in [0.25, 0.3) is 11.8 Å². The molecular weight excluding hydrogens is 404 g/mol. The number of imide groups is 1. The Hall–Kier alpha value is -3.35. The van der Waals surface area contributed by atoms with Gasteiger partial charge in [0.1, 0.15) is 5.54 Å². The lowest BCUT2D eigenvalue weighted by atomic mass is 9.79. The largest absolute Gasteiger partial charge is 0.368 e. The molecule has 2 aromatic rings. The van der Waals surface area contributed by atoms with Crippen LogP contribution in [-0.2, 0) is 10.3 Å². The summed E-state index contributed by atoms with van der Waals surface area (Å²) in [5.41, 5.74) is 3.88. The average Bonchev–Trinajstić information content (AvgIpc) is 3.10. The van der Waals surface area contributed by atoms with Crippen LogP contribution in [0.4, 0.5) is 10.5 Å². The monoisotopic (exact) mass is 434 g/mol. The van der Waals surface area contributed by atoms with E-state index in [4.69, 9.17) is 0 Å². The number of rotatable bonds is 4. The molecule has 0 bridgehead atoms. The van der Waals surface area contributed by atoms with E-state index in [1.165, 1.54) is 16.8 Å². The molecule has 2 aliphatic rings. The molecule has 0 aliphatic carbocycles. The van der Waals surface area contributed by atoms with Gasteiger partial charge in [0, 0.05) is 37.4 Å². The molecule has 1 atom stereocenters. The van der Waals surface area contributed by atoms with E-state index in [1.54, 1.807) is 24.3 Å². The van der Waals surface area contributed by atoms with Gasteiger partial charge in [-0.3, -0.25) is 14.9 Å². The lowest BCUT2D eigenvalue weighted by Gasteiger charge is -2.36. The fourth-order valence-corrected chi connectivity index (χ4v) is 4.56. The number of nitrogens with one attached hydrogen (secondary N) is 2. The molecule has 2 aliphatic heterocycles. The Balaban J connectivity index is 1.45. The number of nitrogens with zero attached hydrogens (tertiary/aromatic N) is 2. The number of hydrogen-bond donors (Lipinski definition) is 2. The van der Waals surface area contributed by atoms with Crippen molar-refractivity contribution in [3.05, 3.63) is 64.7 Å². The second kappa shape index (κ2) is 8.30. The van der Waals surface area contributed by atoms with E-state index in [0.717, 1.165) is 13.1 Å². The Kier molecular flexibility index (Phi) is 5.67. The predicted octanol–water partition coefficient (Wildman–Crippen LogP) is 2.96. The Morgan fingerprint density at radius 2 is 1.59 bits per heavy atom. The van der Waals surface area contributed by atoms with Crippen LogP contribution in [0.1, 0.15) is 40.9 Å². The molecule has 4 amide bonds. The summed E-state index contributed by atoms with van der Waals surface area (Å²) in [5.74, 6) is -0.525. The molecule has 0 unspecified atom stereocenters. The van der Waals surface area contributed by atoms with Gasteiger partial charge in [0.2, 0.25) is 0 Å². The zero-order chi connectivity index (χ0) is 23.0. The molecule has 7 nitrogen and oxygen atoms in total. The number of urea groups is 1. The van der Waals surface area contributed by atoms with E-state index in [9.17, 15) is 14.4 Å². The summed E-state index contributed by atoms with van der Waals surface area (Å²) in [6.45, 7) is 10.9. The third-order valence-corrected chi connectivity index (χ3v) is 6.77. The normalized spacial score (nSPS) is 21.0. The fourth-order valence-electron chi connectivity index (χ4n) is 4.56. The second-order valence-corrected chi connectivity index (χ2v) is 9.00. The van der Waals surface area contributed by atoms with E-state index in [1.807, 2.05) is 18.7 Å². The van der Waals surface area contributed by atoms with Gasteiger partial charge in [-0.1, -0.05) is 32.0 Å². The Morgan fingerprint density at radius 3 is 2.12 bits per heavy atom. The van der Waals surface area contributed by atoms with E-state index in [0.29, 0.717) is 24.2 Å². The number of carbonyl (C=O) groups excluding carboxylic acids is 3. The lowest BCUT2D eigenvalue weighted by molar-refractivity contribution is -0.125. The molecule has 4 rings (SSSR count). The topological polar surface area (TPSA) is 81.8 Å². The minimum Gasteiger partial charge on any atom is -0.368 e. The summed E-state index contributed by atoms with van der Waals surface area (Å²) in [6, 6.07) is 13.0. The highest BCUT2D eigenvalue weighted by atomic mass is 16.2. The first-order valence-electron chi connectivity index (χ1n) is 11.1. The van der Waals surface area contributed by atoms with E-state index in [2.05, 4.69) is 47.6 Å². The van der Waals surface area contributed by atoms with Crippen LogP contribution >= 0.6 is 0 Å². The van der Waals surface area contributed by atoms with Crippen molar-refractivity contribution < 1.29 is 14.4 Å². The van der Waals surface area contributed by atoms with E-state index >= 15 is 0 Å². The van der Waals surface area contributed by atoms with Crippen molar-refractivity contribution >= 4 is 23.5 Å². The highest BCUT2D eigenvalue weighted by Gasteiger charge is 2.50. The molecule has 32 heavy (non-hydrogen) atoms. The molecule has 0 spiro atoms. The number of aryl methyl sites for hydroxylation is 2. The average molecular weight is 435 g/mol. The first kappa shape index (κ1) is 21.9. The van der Waals surface area contributed by atoms with Gasteiger partial charge in [-0.05, 0) is 60.7 Å². The molecule has 0 radical (unpaired) electrons. The summed E-state index contributed by atoms with van der Waals surface area (Å²) in [5, 5.41) is 5.10. The standard InChI is InChI=1S/C25H30N4O3/c1-16(2)25(23(31)26-24(32)27-25)20-8-6-19(7-9-20)22(30)29-13-11-28(12-14-29)21-10-5-17(3)18(4)15-21/h5-10,15-16H,11-14H2,1-4H3,(H2,26,27,31,32)/t25-/m1/s1. The summed E-state index contributed by atoms with van der Waals surface area (Å²) in [7, 11) is 0. The second-order valence-electron chi connectivity index (χ2n) is 9.00. The Labute approximate surface area is 188 Å². The molecule has 2 N–H and O–H groups in total. The highest BCUT2D eigenvalue weighted by molar-refractivity contribution is 6.07. The lowest BCUT2D eigenvalue weighted by Crippen LogP contribution is -2.49. The van der Waals surface area contributed by atoms with Crippen LogP contribution in [0.5, 0.6) is 0 Å². The van der Waals surface area contributed by atoms with Crippen molar-refractivity contribution in [2.24, 2.45) is 5.92 Å². The van der Waals surface area contributed by atoms with E-state index < -0.39 is 11.6 Å². The van der Waals surface area contributed by atoms with Gasteiger partial charge in [0.05, 0.1) is 0 Å². The maximum absolute atomic E-state index is 13.1. The third-order valence-electron chi connectivity index (χ3n) is 6.77. The van der Waals surface area contributed by atoms with E-state index in [-0.39, 0.29) is 17.7 Å².